The summed E-state index contributed by atoms with van der Waals surface area (Å²) in [6.07, 6.45) is -4.11. The SMILES string of the molecule is CC(NC(=O)C(F)(F)C(F)F)c1ccccc1F. The lowest BCUT2D eigenvalue weighted by atomic mass is 10.1. The molecular formula is C11H10F5NO. The number of hydrogen-bond donors (Lipinski definition) is 1. The molecule has 100 valence electrons. The van der Waals surface area contributed by atoms with Crippen LogP contribution in [0.3, 0.4) is 0 Å². The molecule has 0 spiro atoms. The second-order valence-electron chi connectivity index (χ2n) is 3.64. The average molecular weight is 267 g/mol. The molecule has 0 bridgehead atoms. The summed E-state index contributed by atoms with van der Waals surface area (Å²) in [5, 5.41) is 1.65. The van der Waals surface area contributed by atoms with Gasteiger partial charge in [0.15, 0.2) is 0 Å². The molecule has 7 heteroatoms. The summed E-state index contributed by atoms with van der Waals surface area (Å²) in [4.78, 5) is 10.9. The number of halogens is 5. The van der Waals surface area contributed by atoms with Crippen molar-refractivity contribution >= 4 is 5.91 Å². The Morgan fingerprint density at radius 1 is 1.28 bits per heavy atom. The van der Waals surface area contributed by atoms with Crippen molar-refractivity contribution in [1.82, 2.24) is 5.32 Å². The Kier molecular flexibility index (Phi) is 4.26. The zero-order valence-corrected chi connectivity index (χ0v) is 9.26. The number of rotatable bonds is 4. The van der Waals surface area contributed by atoms with Gasteiger partial charge in [0.2, 0.25) is 0 Å². The molecule has 2 nitrogen and oxygen atoms in total. The first-order valence-electron chi connectivity index (χ1n) is 4.98. The van der Waals surface area contributed by atoms with E-state index < -0.39 is 30.1 Å². The van der Waals surface area contributed by atoms with Gasteiger partial charge >= 0.3 is 12.3 Å². The number of hydrogen-bond acceptors (Lipinski definition) is 1. The van der Waals surface area contributed by atoms with Crippen molar-refractivity contribution in [3.8, 4) is 0 Å². The fourth-order valence-electron chi connectivity index (χ4n) is 1.30. The predicted molar refractivity (Wildman–Crippen MR) is 53.9 cm³/mol. The van der Waals surface area contributed by atoms with Crippen LogP contribution in [-0.2, 0) is 4.79 Å². The van der Waals surface area contributed by atoms with Gasteiger partial charge in [-0.25, -0.2) is 13.2 Å². The number of carbonyl (C=O) groups is 1. The quantitative estimate of drug-likeness (QED) is 0.835. The molecule has 1 atom stereocenters. The van der Waals surface area contributed by atoms with Crippen LogP contribution in [0.5, 0.6) is 0 Å². The summed E-state index contributed by atoms with van der Waals surface area (Å²) in [7, 11) is 0. The third-order valence-electron chi connectivity index (χ3n) is 2.30. The van der Waals surface area contributed by atoms with Crippen molar-refractivity contribution in [3.05, 3.63) is 35.6 Å². The molecule has 1 rings (SSSR count). The first kappa shape index (κ1) is 14.4. The smallest absolute Gasteiger partial charge is 0.344 e. The minimum atomic E-state index is -4.79. The fourth-order valence-corrected chi connectivity index (χ4v) is 1.30. The van der Waals surface area contributed by atoms with Crippen molar-refractivity contribution in [1.29, 1.82) is 0 Å². The molecule has 1 amide bonds. The van der Waals surface area contributed by atoms with E-state index in [2.05, 4.69) is 0 Å². The highest BCUT2D eigenvalue weighted by molar-refractivity contribution is 5.84. The molecule has 0 saturated carbocycles. The van der Waals surface area contributed by atoms with E-state index in [4.69, 9.17) is 0 Å². The van der Waals surface area contributed by atoms with Crippen LogP contribution in [0, 0.1) is 5.82 Å². The zero-order valence-electron chi connectivity index (χ0n) is 9.26. The van der Waals surface area contributed by atoms with E-state index >= 15 is 0 Å². The van der Waals surface area contributed by atoms with Crippen LogP contribution in [0.2, 0.25) is 0 Å². The van der Waals surface area contributed by atoms with Crippen molar-refractivity contribution in [2.24, 2.45) is 0 Å². The van der Waals surface area contributed by atoms with E-state index in [1.165, 1.54) is 25.1 Å². The van der Waals surface area contributed by atoms with E-state index in [0.717, 1.165) is 6.07 Å². The zero-order chi connectivity index (χ0) is 13.9. The number of alkyl halides is 4. The molecule has 0 aliphatic rings. The van der Waals surface area contributed by atoms with Gasteiger partial charge in [0.1, 0.15) is 5.82 Å². The molecule has 0 aliphatic heterocycles. The van der Waals surface area contributed by atoms with Gasteiger partial charge in [0.05, 0.1) is 6.04 Å². The number of amides is 1. The minimum absolute atomic E-state index is 0.0593. The summed E-state index contributed by atoms with van der Waals surface area (Å²) < 4.78 is 62.4. The molecule has 1 unspecified atom stereocenters. The van der Waals surface area contributed by atoms with Crippen molar-refractivity contribution in [3.63, 3.8) is 0 Å². The van der Waals surface area contributed by atoms with Gasteiger partial charge in [-0.05, 0) is 13.0 Å². The molecule has 0 fully saturated rings. The average Bonchev–Trinajstić information content (AvgIpc) is 2.28. The van der Waals surface area contributed by atoms with Gasteiger partial charge in [-0.3, -0.25) is 4.79 Å². The van der Waals surface area contributed by atoms with Crippen LogP contribution in [-0.4, -0.2) is 18.3 Å². The normalized spacial score (nSPS) is 13.5. The Bertz CT molecular complexity index is 435. The minimum Gasteiger partial charge on any atom is -0.344 e. The summed E-state index contributed by atoms with van der Waals surface area (Å²) in [6, 6.07) is 4.01. The summed E-state index contributed by atoms with van der Waals surface area (Å²) in [5.41, 5.74) is -0.0593. The van der Waals surface area contributed by atoms with Crippen LogP contribution in [0.15, 0.2) is 24.3 Å². The van der Waals surface area contributed by atoms with Crippen LogP contribution in [0.25, 0.3) is 0 Å². The maximum atomic E-state index is 13.3. The summed E-state index contributed by atoms with van der Waals surface area (Å²) in [5.74, 6) is -7.64. The Hall–Kier alpha value is -1.66. The molecule has 0 heterocycles. The van der Waals surface area contributed by atoms with Crippen LogP contribution in [0.4, 0.5) is 22.0 Å². The summed E-state index contributed by atoms with van der Waals surface area (Å²) >= 11 is 0. The molecule has 0 saturated heterocycles. The summed E-state index contributed by atoms with van der Waals surface area (Å²) in [6.45, 7) is 1.22. The Morgan fingerprint density at radius 2 is 1.83 bits per heavy atom. The molecule has 0 aromatic heterocycles. The van der Waals surface area contributed by atoms with E-state index in [9.17, 15) is 26.7 Å². The molecular weight excluding hydrogens is 257 g/mol. The fraction of sp³-hybridized carbons (Fsp3) is 0.364. The highest BCUT2D eigenvalue weighted by Gasteiger charge is 2.49. The second-order valence-corrected chi connectivity index (χ2v) is 3.64. The van der Waals surface area contributed by atoms with Crippen molar-refractivity contribution in [2.75, 3.05) is 0 Å². The molecule has 1 aromatic carbocycles. The second kappa shape index (κ2) is 5.32. The van der Waals surface area contributed by atoms with Crippen molar-refractivity contribution < 1.29 is 26.7 Å². The van der Waals surface area contributed by atoms with Gasteiger partial charge in [0.25, 0.3) is 5.91 Å². The Balaban J connectivity index is 2.81. The molecule has 0 radical (unpaired) electrons. The third-order valence-corrected chi connectivity index (χ3v) is 2.30. The maximum Gasteiger partial charge on any atom is 0.383 e. The topological polar surface area (TPSA) is 29.1 Å². The number of carbonyl (C=O) groups excluding carboxylic acids is 1. The first-order valence-corrected chi connectivity index (χ1v) is 4.98. The Labute approximate surface area is 99.8 Å². The predicted octanol–water partition coefficient (Wildman–Crippen LogP) is 2.90. The van der Waals surface area contributed by atoms with Gasteiger partial charge < -0.3 is 5.32 Å². The molecule has 0 aliphatic carbocycles. The molecule has 1 aromatic rings. The highest BCUT2D eigenvalue weighted by Crippen LogP contribution is 2.25. The highest BCUT2D eigenvalue weighted by atomic mass is 19.3. The Morgan fingerprint density at radius 3 is 2.33 bits per heavy atom. The lowest BCUT2D eigenvalue weighted by molar-refractivity contribution is -0.170. The van der Waals surface area contributed by atoms with E-state index in [1.807, 2.05) is 0 Å². The number of nitrogens with one attached hydrogen (secondary N) is 1. The number of benzene rings is 1. The lowest BCUT2D eigenvalue weighted by Crippen LogP contribution is -2.46. The van der Waals surface area contributed by atoms with Gasteiger partial charge in [-0.2, -0.15) is 8.78 Å². The lowest BCUT2D eigenvalue weighted by Gasteiger charge is -2.19. The van der Waals surface area contributed by atoms with Gasteiger partial charge in [0, 0.05) is 5.56 Å². The van der Waals surface area contributed by atoms with E-state index in [0.29, 0.717) is 0 Å². The van der Waals surface area contributed by atoms with Gasteiger partial charge in [-0.1, -0.05) is 18.2 Å². The standard InChI is InChI=1S/C11H10F5NO/c1-6(7-4-2-3-5-8(7)12)17-10(18)11(15,16)9(13)14/h2-6,9H,1H3,(H,17,18). The molecule has 18 heavy (non-hydrogen) atoms. The van der Waals surface area contributed by atoms with Crippen LogP contribution < -0.4 is 5.32 Å². The molecule has 1 N–H and O–H groups in total. The monoisotopic (exact) mass is 267 g/mol. The first-order chi connectivity index (χ1) is 8.26. The van der Waals surface area contributed by atoms with E-state index in [-0.39, 0.29) is 5.56 Å². The van der Waals surface area contributed by atoms with E-state index in [1.54, 1.807) is 5.32 Å². The van der Waals surface area contributed by atoms with Crippen LogP contribution >= 0.6 is 0 Å². The van der Waals surface area contributed by atoms with Crippen LogP contribution in [0.1, 0.15) is 18.5 Å². The largest absolute Gasteiger partial charge is 0.383 e. The van der Waals surface area contributed by atoms with Crippen molar-refractivity contribution in [2.45, 2.75) is 25.3 Å². The van der Waals surface area contributed by atoms with Gasteiger partial charge in [-0.15, -0.1) is 0 Å². The maximum absolute atomic E-state index is 13.3. The third kappa shape index (κ3) is 2.96.